The van der Waals surface area contributed by atoms with Crippen LogP contribution in [0.5, 0.6) is 11.5 Å². The van der Waals surface area contributed by atoms with Gasteiger partial charge in [-0.2, -0.15) is 11.8 Å². The van der Waals surface area contributed by atoms with E-state index in [1.807, 2.05) is 30.9 Å². The molecule has 0 aromatic heterocycles. The van der Waals surface area contributed by atoms with Gasteiger partial charge in [0.05, 0.1) is 18.5 Å². The summed E-state index contributed by atoms with van der Waals surface area (Å²) in [5.41, 5.74) is 8.81. The fourth-order valence-electron chi connectivity index (χ4n) is 4.83. The highest BCUT2D eigenvalue weighted by atomic mass is 32.2. The molecule has 2 saturated heterocycles. The Balaban J connectivity index is 0.000000194. The molecule has 0 radical (unpaired) electrons. The van der Waals surface area contributed by atoms with Gasteiger partial charge in [0.15, 0.2) is 0 Å². The number of phenolic OH excluding ortho intramolecular Hbond substituents is 1. The molecule has 0 amide bonds. The fourth-order valence-corrected chi connectivity index (χ4v) is 5.81. The molecule has 0 spiro atoms. The van der Waals surface area contributed by atoms with Crippen molar-refractivity contribution in [1.82, 2.24) is 9.80 Å². The maximum absolute atomic E-state index is 14.4. The number of nitrogens with one attached hydrogen (secondary N) is 1. The van der Waals surface area contributed by atoms with Gasteiger partial charge in [-0.05, 0) is 49.0 Å². The van der Waals surface area contributed by atoms with Crippen molar-refractivity contribution in [2.24, 2.45) is 0 Å². The molecule has 0 atom stereocenters. The lowest BCUT2D eigenvalue weighted by Crippen LogP contribution is -2.44. The predicted molar refractivity (Wildman–Crippen MR) is 163 cm³/mol. The van der Waals surface area contributed by atoms with E-state index in [-0.39, 0.29) is 29.1 Å². The third-order valence-electron chi connectivity index (χ3n) is 7.32. The van der Waals surface area contributed by atoms with Crippen molar-refractivity contribution in [2.75, 3.05) is 87.9 Å². The minimum atomic E-state index is -0.597. The number of likely N-dealkylation sites (N-methyl/N-ethyl adjacent to an activating group) is 1. The number of halogens is 2. The summed E-state index contributed by atoms with van der Waals surface area (Å²) in [6, 6.07) is 13.5. The van der Waals surface area contributed by atoms with Crippen molar-refractivity contribution >= 4 is 28.8 Å². The second-order valence-corrected chi connectivity index (χ2v) is 11.2. The SMILES string of the molecule is CNc1ccc(OC)c(N2CCN(C)CC2)c1.Nc1cccc(-c2cc(F)c(CN3CCSCC3)c(F)c2)c1O. The van der Waals surface area contributed by atoms with Crippen LogP contribution in [0.1, 0.15) is 5.56 Å². The molecule has 0 unspecified atom stereocenters. The van der Waals surface area contributed by atoms with Gasteiger partial charge in [0.25, 0.3) is 0 Å². The van der Waals surface area contributed by atoms with Crippen LogP contribution in [0.4, 0.5) is 25.8 Å². The monoisotopic (exact) mass is 571 g/mol. The van der Waals surface area contributed by atoms with Crippen LogP contribution >= 0.6 is 11.8 Å². The molecular formula is C30H39F2N5O2S. The number of nitrogens with two attached hydrogens (primary N) is 1. The van der Waals surface area contributed by atoms with Crippen LogP contribution in [-0.2, 0) is 6.54 Å². The summed E-state index contributed by atoms with van der Waals surface area (Å²) in [5.74, 6) is 1.57. The van der Waals surface area contributed by atoms with Gasteiger partial charge < -0.3 is 30.7 Å². The number of phenols is 1. The van der Waals surface area contributed by atoms with Crippen LogP contribution in [0.15, 0.2) is 48.5 Å². The molecule has 2 aliphatic rings. The van der Waals surface area contributed by atoms with Crippen LogP contribution in [0, 0.1) is 11.6 Å². The lowest BCUT2D eigenvalue weighted by Gasteiger charge is -2.34. The Hall–Kier alpha value is -3.21. The van der Waals surface area contributed by atoms with Gasteiger partial charge in [0.2, 0.25) is 0 Å². The Labute approximate surface area is 239 Å². The summed E-state index contributed by atoms with van der Waals surface area (Å²) < 4.78 is 34.2. The van der Waals surface area contributed by atoms with Gasteiger partial charge in [-0.3, -0.25) is 4.90 Å². The Bertz CT molecular complexity index is 1260. The number of para-hydroxylation sites is 1. The molecule has 3 aromatic carbocycles. The third-order valence-corrected chi connectivity index (χ3v) is 8.26. The lowest BCUT2D eigenvalue weighted by atomic mass is 10.0. The molecule has 216 valence electrons. The molecule has 2 fully saturated rings. The molecule has 4 N–H and O–H groups in total. The zero-order valence-corrected chi connectivity index (χ0v) is 24.2. The van der Waals surface area contributed by atoms with E-state index in [2.05, 4.69) is 33.1 Å². The molecule has 0 saturated carbocycles. The van der Waals surface area contributed by atoms with Gasteiger partial charge in [-0.25, -0.2) is 8.78 Å². The third kappa shape index (κ3) is 7.30. The minimum Gasteiger partial charge on any atom is -0.505 e. The second-order valence-electron chi connectivity index (χ2n) is 9.98. The summed E-state index contributed by atoms with van der Waals surface area (Å²) in [6.07, 6.45) is 0. The molecule has 10 heteroatoms. The first kappa shape index (κ1) is 29.8. The Morgan fingerprint density at radius 2 is 1.65 bits per heavy atom. The summed E-state index contributed by atoms with van der Waals surface area (Å²) in [5, 5.41) is 13.2. The van der Waals surface area contributed by atoms with Gasteiger partial charge in [-0.15, -0.1) is 0 Å². The second kappa shape index (κ2) is 13.9. The molecule has 0 bridgehead atoms. The van der Waals surface area contributed by atoms with E-state index >= 15 is 0 Å². The maximum Gasteiger partial charge on any atom is 0.146 e. The average molecular weight is 572 g/mol. The number of aromatic hydroxyl groups is 1. The van der Waals surface area contributed by atoms with Crippen molar-refractivity contribution in [3.8, 4) is 22.6 Å². The van der Waals surface area contributed by atoms with E-state index in [9.17, 15) is 13.9 Å². The smallest absolute Gasteiger partial charge is 0.146 e. The largest absolute Gasteiger partial charge is 0.505 e. The number of methoxy groups -OCH3 is 1. The molecule has 2 heterocycles. The molecular weight excluding hydrogens is 532 g/mol. The first-order valence-corrected chi connectivity index (χ1v) is 14.6. The quantitative estimate of drug-likeness (QED) is 0.283. The maximum atomic E-state index is 14.4. The van der Waals surface area contributed by atoms with Crippen LogP contribution in [0.25, 0.3) is 11.1 Å². The van der Waals surface area contributed by atoms with Crippen molar-refractivity contribution in [3.05, 3.63) is 65.7 Å². The zero-order valence-electron chi connectivity index (χ0n) is 23.4. The number of anilines is 3. The van der Waals surface area contributed by atoms with Gasteiger partial charge in [-0.1, -0.05) is 12.1 Å². The first-order chi connectivity index (χ1) is 19.3. The van der Waals surface area contributed by atoms with Crippen molar-refractivity contribution in [3.63, 3.8) is 0 Å². The Morgan fingerprint density at radius 1 is 0.975 bits per heavy atom. The number of ether oxygens (including phenoxy) is 1. The van der Waals surface area contributed by atoms with Crippen LogP contribution in [0.2, 0.25) is 0 Å². The molecule has 2 aliphatic heterocycles. The highest BCUT2D eigenvalue weighted by Gasteiger charge is 2.19. The minimum absolute atomic E-state index is 0.0732. The number of hydrogen-bond acceptors (Lipinski definition) is 8. The van der Waals surface area contributed by atoms with Crippen LogP contribution in [0.3, 0.4) is 0 Å². The number of rotatable bonds is 6. The topological polar surface area (TPSA) is 77.2 Å². The average Bonchev–Trinajstić information content (AvgIpc) is 2.97. The van der Waals surface area contributed by atoms with Gasteiger partial charge in [0, 0.05) is 81.2 Å². The molecule has 40 heavy (non-hydrogen) atoms. The van der Waals surface area contributed by atoms with Gasteiger partial charge >= 0.3 is 0 Å². The molecule has 0 aliphatic carbocycles. The highest BCUT2D eigenvalue weighted by molar-refractivity contribution is 7.99. The van der Waals surface area contributed by atoms with E-state index in [1.54, 1.807) is 19.2 Å². The van der Waals surface area contributed by atoms with E-state index in [4.69, 9.17) is 10.5 Å². The van der Waals surface area contributed by atoms with Crippen molar-refractivity contribution < 1.29 is 18.6 Å². The predicted octanol–water partition coefficient (Wildman–Crippen LogP) is 4.96. The van der Waals surface area contributed by atoms with E-state index in [0.29, 0.717) is 5.56 Å². The van der Waals surface area contributed by atoms with Crippen LogP contribution < -0.4 is 20.7 Å². The van der Waals surface area contributed by atoms with Crippen molar-refractivity contribution in [1.29, 1.82) is 0 Å². The summed E-state index contributed by atoms with van der Waals surface area (Å²) in [4.78, 5) is 6.79. The standard InChI is InChI=1S/C17H18F2N2OS.C13H21N3O/c18-14-8-11(12-2-1-3-16(20)17(12)22)9-15(19)13(14)10-21-4-6-23-7-5-21;1-14-11-4-5-13(17-3)12(10-11)16-8-6-15(2)7-9-16/h1-3,8-9,22H,4-7,10,20H2;4-5,10,14H,6-9H2,1-3H3. The fraction of sp³-hybridized carbons (Fsp3) is 0.400. The number of nitrogen functional groups attached to an aromatic ring is 1. The van der Waals surface area contributed by atoms with Gasteiger partial charge in [0.1, 0.15) is 23.1 Å². The first-order valence-electron chi connectivity index (χ1n) is 13.5. The zero-order chi connectivity index (χ0) is 28.6. The summed E-state index contributed by atoms with van der Waals surface area (Å²) >= 11 is 1.85. The molecule has 5 rings (SSSR count). The van der Waals surface area contributed by atoms with Crippen molar-refractivity contribution in [2.45, 2.75) is 6.54 Å². The van der Waals surface area contributed by atoms with E-state index in [1.165, 1.54) is 23.9 Å². The number of thioether (sulfide) groups is 1. The number of hydrogen-bond donors (Lipinski definition) is 3. The Kier molecular flexibility index (Phi) is 10.4. The number of piperazine rings is 1. The Morgan fingerprint density at radius 3 is 2.27 bits per heavy atom. The molecule has 3 aromatic rings. The highest BCUT2D eigenvalue weighted by Crippen LogP contribution is 2.35. The number of benzene rings is 3. The van der Waals surface area contributed by atoms with E-state index < -0.39 is 11.6 Å². The molecule has 7 nitrogen and oxygen atoms in total. The van der Waals surface area contributed by atoms with Crippen LogP contribution in [-0.4, -0.2) is 86.9 Å². The van der Waals surface area contributed by atoms with E-state index in [0.717, 1.165) is 62.2 Å². The summed E-state index contributed by atoms with van der Waals surface area (Å²) in [7, 11) is 5.84. The summed E-state index contributed by atoms with van der Waals surface area (Å²) in [6.45, 7) is 6.25. The number of nitrogens with zero attached hydrogens (tertiary/aromatic N) is 3. The lowest BCUT2D eigenvalue weighted by molar-refractivity contribution is 0.284. The normalized spacial score (nSPS) is 16.3.